The molecule has 0 aromatic heterocycles. The SMILES string of the molecule is C=C/C(NC)=C(/N)NC. The fourth-order valence-electron chi connectivity index (χ4n) is 0.481. The van der Waals surface area contributed by atoms with Crippen LogP contribution in [0.15, 0.2) is 24.2 Å². The zero-order valence-electron chi connectivity index (χ0n) is 5.86. The summed E-state index contributed by atoms with van der Waals surface area (Å²) in [6.07, 6.45) is 1.66. The molecule has 9 heavy (non-hydrogen) atoms. The van der Waals surface area contributed by atoms with E-state index >= 15 is 0 Å². The minimum absolute atomic E-state index is 0.604. The van der Waals surface area contributed by atoms with E-state index in [0.29, 0.717) is 5.82 Å². The van der Waals surface area contributed by atoms with Crippen molar-refractivity contribution < 1.29 is 0 Å². The monoisotopic (exact) mass is 127 g/mol. The van der Waals surface area contributed by atoms with Gasteiger partial charge in [0.05, 0.1) is 5.70 Å². The molecule has 4 N–H and O–H groups in total. The molecule has 0 aromatic rings. The molecule has 0 saturated carbocycles. The Kier molecular flexibility index (Phi) is 3.35. The third-order valence-corrected chi connectivity index (χ3v) is 1.03. The second-order valence-electron chi connectivity index (χ2n) is 1.53. The molecule has 52 valence electrons. The highest BCUT2D eigenvalue weighted by atomic mass is 15.0. The summed E-state index contributed by atoms with van der Waals surface area (Å²) in [6, 6.07) is 0. The van der Waals surface area contributed by atoms with Gasteiger partial charge in [-0.1, -0.05) is 6.58 Å². The molecule has 3 heteroatoms. The summed E-state index contributed by atoms with van der Waals surface area (Å²) < 4.78 is 0. The molecule has 0 radical (unpaired) electrons. The van der Waals surface area contributed by atoms with Crippen molar-refractivity contribution >= 4 is 0 Å². The van der Waals surface area contributed by atoms with E-state index in [1.54, 1.807) is 20.2 Å². The quantitative estimate of drug-likeness (QED) is 0.458. The molecule has 0 spiro atoms. The Morgan fingerprint density at radius 1 is 1.44 bits per heavy atom. The van der Waals surface area contributed by atoms with Crippen LogP contribution in [-0.2, 0) is 0 Å². The van der Waals surface area contributed by atoms with Crippen LogP contribution in [0.4, 0.5) is 0 Å². The molecule has 0 amide bonds. The van der Waals surface area contributed by atoms with Crippen molar-refractivity contribution in [1.82, 2.24) is 10.6 Å². The van der Waals surface area contributed by atoms with Gasteiger partial charge < -0.3 is 16.4 Å². The molecular formula is C6H13N3. The van der Waals surface area contributed by atoms with Crippen molar-refractivity contribution in [3.05, 3.63) is 24.2 Å². The Labute approximate surface area is 55.6 Å². The fraction of sp³-hybridized carbons (Fsp3) is 0.333. The van der Waals surface area contributed by atoms with Crippen LogP contribution < -0.4 is 16.4 Å². The highest BCUT2D eigenvalue weighted by molar-refractivity contribution is 5.18. The lowest BCUT2D eigenvalue weighted by Gasteiger charge is -2.04. The predicted molar refractivity (Wildman–Crippen MR) is 39.5 cm³/mol. The van der Waals surface area contributed by atoms with Crippen molar-refractivity contribution in [2.45, 2.75) is 0 Å². The molecule has 0 aliphatic rings. The second-order valence-corrected chi connectivity index (χ2v) is 1.53. The van der Waals surface area contributed by atoms with Gasteiger partial charge in [-0.25, -0.2) is 0 Å². The number of nitrogens with two attached hydrogens (primary N) is 1. The van der Waals surface area contributed by atoms with Crippen LogP contribution in [0.5, 0.6) is 0 Å². The smallest absolute Gasteiger partial charge is 0.120 e. The molecule has 0 aliphatic carbocycles. The molecule has 0 atom stereocenters. The lowest BCUT2D eigenvalue weighted by molar-refractivity contribution is 0.888. The molecule has 0 heterocycles. The maximum atomic E-state index is 5.47. The maximum absolute atomic E-state index is 5.47. The number of nitrogens with one attached hydrogen (secondary N) is 2. The van der Waals surface area contributed by atoms with Gasteiger partial charge in [0.15, 0.2) is 0 Å². The van der Waals surface area contributed by atoms with Crippen LogP contribution in [0.2, 0.25) is 0 Å². The van der Waals surface area contributed by atoms with Gasteiger partial charge in [0, 0.05) is 14.1 Å². The molecule has 0 aliphatic heterocycles. The molecule has 0 bridgehead atoms. The van der Waals surface area contributed by atoms with Crippen molar-refractivity contribution in [2.24, 2.45) is 5.73 Å². The van der Waals surface area contributed by atoms with Crippen molar-refractivity contribution in [3.8, 4) is 0 Å². The van der Waals surface area contributed by atoms with Crippen molar-refractivity contribution in [3.63, 3.8) is 0 Å². The van der Waals surface area contributed by atoms with Crippen LogP contribution in [0.3, 0.4) is 0 Å². The average Bonchev–Trinajstić information content (AvgIpc) is 1.90. The van der Waals surface area contributed by atoms with Crippen LogP contribution in [-0.4, -0.2) is 14.1 Å². The first kappa shape index (κ1) is 7.88. The van der Waals surface area contributed by atoms with E-state index < -0.39 is 0 Å². The molecule has 0 rings (SSSR count). The Bertz CT molecular complexity index is 126. The minimum atomic E-state index is 0.604. The normalized spacial score (nSPS) is 11.8. The zero-order chi connectivity index (χ0) is 7.28. The molecule has 0 saturated heterocycles. The number of hydrogen-bond donors (Lipinski definition) is 3. The van der Waals surface area contributed by atoms with Crippen LogP contribution in [0, 0.1) is 0 Å². The van der Waals surface area contributed by atoms with Crippen molar-refractivity contribution in [2.75, 3.05) is 14.1 Å². The van der Waals surface area contributed by atoms with Gasteiger partial charge >= 0.3 is 0 Å². The Morgan fingerprint density at radius 2 is 2.00 bits per heavy atom. The summed E-state index contributed by atoms with van der Waals surface area (Å²) in [5.74, 6) is 0.604. The van der Waals surface area contributed by atoms with Crippen LogP contribution in [0.1, 0.15) is 0 Å². The number of hydrogen-bond acceptors (Lipinski definition) is 3. The zero-order valence-corrected chi connectivity index (χ0v) is 5.86. The first-order valence-corrected chi connectivity index (χ1v) is 2.74. The van der Waals surface area contributed by atoms with Gasteiger partial charge in [0.1, 0.15) is 5.82 Å². The molecule has 0 unspecified atom stereocenters. The van der Waals surface area contributed by atoms with Crippen molar-refractivity contribution in [1.29, 1.82) is 0 Å². The molecule has 3 nitrogen and oxygen atoms in total. The van der Waals surface area contributed by atoms with Gasteiger partial charge in [0.2, 0.25) is 0 Å². The van der Waals surface area contributed by atoms with Gasteiger partial charge in [-0.2, -0.15) is 0 Å². The molecule has 0 aromatic carbocycles. The van der Waals surface area contributed by atoms with Gasteiger partial charge in [-0.3, -0.25) is 0 Å². The summed E-state index contributed by atoms with van der Waals surface area (Å²) in [6.45, 7) is 3.56. The first-order chi connectivity index (χ1) is 4.26. The second kappa shape index (κ2) is 3.83. The lowest BCUT2D eigenvalue weighted by atomic mass is 10.4. The van der Waals surface area contributed by atoms with E-state index in [4.69, 9.17) is 5.73 Å². The predicted octanol–water partition coefficient (Wildman–Crippen LogP) is -0.261. The summed E-state index contributed by atoms with van der Waals surface area (Å²) in [4.78, 5) is 0. The summed E-state index contributed by atoms with van der Waals surface area (Å²) >= 11 is 0. The van der Waals surface area contributed by atoms with E-state index in [2.05, 4.69) is 17.2 Å². The highest BCUT2D eigenvalue weighted by Crippen LogP contribution is 1.88. The van der Waals surface area contributed by atoms with Gasteiger partial charge in [0.25, 0.3) is 0 Å². The standard InChI is InChI=1S/C6H13N3/c1-4-5(8-2)6(7)9-3/h4,8-9H,1,7H2,2-3H3/b6-5+. The fourth-order valence-corrected chi connectivity index (χ4v) is 0.481. The van der Waals surface area contributed by atoms with E-state index in [-0.39, 0.29) is 0 Å². The number of rotatable bonds is 3. The number of allylic oxidation sites excluding steroid dienone is 1. The maximum Gasteiger partial charge on any atom is 0.120 e. The Hall–Kier alpha value is -1.12. The first-order valence-electron chi connectivity index (χ1n) is 2.74. The Balaban J connectivity index is 4.18. The minimum Gasteiger partial charge on any atom is -0.385 e. The summed E-state index contributed by atoms with van der Waals surface area (Å²) in [5.41, 5.74) is 6.29. The van der Waals surface area contributed by atoms with E-state index in [0.717, 1.165) is 5.70 Å². The molecular weight excluding hydrogens is 114 g/mol. The van der Waals surface area contributed by atoms with Crippen LogP contribution in [0.25, 0.3) is 0 Å². The van der Waals surface area contributed by atoms with Gasteiger partial charge in [-0.05, 0) is 6.08 Å². The third kappa shape index (κ3) is 2.08. The Morgan fingerprint density at radius 3 is 2.11 bits per heavy atom. The average molecular weight is 127 g/mol. The van der Waals surface area contributed by atoms with Crippen LogP contribution >= 0.6 is 0 Å². The molecule has 0 fully saturated rings. The van der Waals surface area contributed by atoms with E-state index in [1.807, 2.05) is 0 Å². The number of likely N-dealkylation sites (N-methyl/N-ethyl adjacent to an activating group) is 1. The highest BCUT2D eigenvalue weighted by Gasteiger charge is 1.90. The van der Waals surface area contributed by atoms with E-state index in [1.165, 1.54) is 0 Å². The largest absolute Gasteiger partial charge is 0.385 e. The van der Waals surface area contributed by atoms with E-state index in [9.17, 15) is 0 Å². The topological polar surface area (TPSA) is 50.1 Å². The lowest BCUT2D eigenvalue weighted by Crippen LogP contribution is -2.21. The summed E-state index contributed by atoms with van der Waals surface area (Å²) in [5, 5.41) is 5.67. The third-order valence-electron chi connectivity index (χ3n) is 1.03. The van der Waals surface area contributed by atoms with Gasteiger partial charge in [-0.15, -0.1) is 0 Å². The summed E-state index contributed by atoms with van der Waals surface area (Å²) in [7, 11) is 3.55.